The molecule has 0 bridgehead atoms. The van der Waals surface area contributed by atoms with E-state index in [-0.39, 0.29) is 35.9 Å². The first-order chi connectivity index (χ1) is 16.8. The predicted molar refractivity (Wildman–Crippen MR) is 127 cm³/mol. The van der Waals surface area contributed by atoms with Crippen molar-refractivity contribution < 1.29 is 32.3 Å². The van der Waals surface area contributed by atoms with Crippen molar-refractivity contribution >= 4 is 44.9 Å². The number of carbonyl (C=O) groups is 3. The third-order valence-electron chi connectivity index (χ3n) is 4.98. The summed E-state index contributed by atoms with van der Waals surface area (Å²) in [5, 5.41) is 2.16. The number of sulfonamides is 1. The van der Waals surface area contributed by atoms with E-state index < -0.39 is 27.1 Å². The van der Waals surface area contributed by atoms with Gasteiger partial charge in [-0.3, -0.25) is 24.3 Å². The van der Waals surface area contributed by atoms with Crippen LogP contribution in [0.2, 0.25) is 0 Å². The fourth-order valence-corrected chi connectivity index (χ4v) is 5.19. The fourth-order valence-electron chi connectivity index (χ4n) is 3.27. The summed E-state index contributed by atoms with van der Waals surface area (Å²) < 4.78 is 38.1. The molecule has 0 radical (unpaired) electrons. The summed E-state index contributed by atoms with van der Waals surface area (Å²) in [6.07, 6.45) is 4.65. The number of rotatable bonds is 9. The molecule has 1 fully saturated rings. The highest BCUT2D eigenvalue weighted by atomic mass is 32.2. The van der Waals surface area contributed by atoms with Crippen LogP contribution in [0.25, 0.3) is 6.08 Å². The van der Waals surface area contributed by atoms with Crippen molar-refractivity contribution in [3.63, 3.8) is 0 Å². The van der Waals surface area contributed by atoms with Crippen molar-refractivity contribution in [2.24, 2.45) is 0 Å². The van der Waals surface area contributed by atoms with Gasteiger partial charge in [0.15, 0.2) is 11.5 Å². The molecule has 0 aliphatic carbocycles. The van der Waals surface area contributed by atoms with Gasteiger partial charge in [0.1, 0.15) is 13.2 Å². The first-order valence-electron chi connectivity index (χ1n) is 10.6. The number of nitrogens with one attached hydrogen (secondary N) is 2. The third kappa shape index (κ3) is 6.18. The lowest BCUT2D eigenvalue weighted by molar-refractivity contribution is -0.124. The zero-order valence-electron chi connectivity index (χ0n) is 18.4. The van der Waals surface area contributed by atoms with Crippen molar-refractivity contribution in [1.82, 2.24) is 19.9 Å². The van der Waals surface area contributed by atoms with Gasteiger partial charge in [-0.05, 0) is 41.6 Å². The van der Waals surface area contributed by atoms with Crippen LogP contribution in [0.4, 0.5) is 4.79 Å². The second-order valence-electron chi connectivity index (χ2n) is 7.42. The molecule has 0 atom stereocenters. The molecule has 3 heterocycles. The quantitative estimate of drug-likeness (QED) is 0.470. The molecule has 1 aromatic carbocycles. The normalized spacial score (nSPS) is 16.6. The molecule has 4 rings (SSSR count). The van der Waals surface area contributed by atoms with Gasteiger partial charge in [0.2, 0.25) is 15.9 Å². The molecular weight excluding hydrogens is 496 g/mol. The number of carbonyl (C=O) groups excluding carboxylic acids is 3. The number of amides is 3. The number of pyridine rings is 1. The molecule has 35 heavy (non-hydrogen) atoms. The van der Waals surface area contributed by atoms with Gasteiger partial charge in [-0.25, -0.2) is 13.1 Å². The Morgan fingerprint density at radius 1 is 1.14 bits per heavy atom. The molecule has 2 aromatic rings. The second-order valence-corrected chi connectivity index (χ2v) is 10.2. The third-order valence-corrected chi connectivity index (χ3v) is 7.35. The highest BCUT2D eigenvalue weighted by Gasteiger charge is 2.34. The lowest BCUT2D eigenvalue weighted by atomic mass is 10.2. The highest BCUT2D eigenvalue weighted by molar-refractivity contribution is 8.18. The predicted octanol–water partition coefficient (Wildman–Crippen LogP) is 1.37. The minimum Gasteiger partial charge on any atom is -0.486 e. The number of thioether (sulfide) groups is 1. The van der Waals surface area contributed by atoms with E-state index in [9.17, 15) is 22.8 Å². The Balaban J connectivity index is 1.21. The number of ether oxygens (including phenoxy) is 2. The summed E-state index contributed by atoms with van der Waals surface area (Å²) in [4.78, 5) is 42.1. The smallest absolute Gasteiger partial charge is 0.293 e. The SMILES string of the molecule is O=C(CCNS(=O)(=O)c1ccc2c(c1)OCCO2)NCCN1C(=O)SC(=Cc2cccnc2)C1=O. The van der Waals surface area contributed by atoms with Crippen LogP contribution in [0.15, 0.2) is 52.5 Å². The number of aromatic nitrogens is 1. The zero-order chi connectivity index (χ0) is 24.8. The molecule has 3 amide bonds. The van der Waals surface area contributed by atoms with E-state index in [1.165, 1.54) is 18.2 Å². The van der Waals surface area contributed by atoms with Crippen LogP contribution in [-0.4, -0.2) is 68.2 Å². The Labute approximate surface area is 205 Å². The van der Waals surface area contributed by atoms with Crippen molar-refractivity contribution in [3.05, 3.63) is 53.2 Å². The first-order valence-corrected chi connectivity index (χ1v) is 12.9. The van der Waals surface area contributed by atoms with Crippen LogP contribution in [0.5, 0.6) is 11.5 Å². The van der Waals surface area contributed by atoms with Gasteiger partial charge in [-0.2, -0.15) is 0 Å². The minimum atomic E-state index is -3.85. The van der Waals surface area contributed by atoms with Crippen LogP contribution < -0.4 is 19.5 Å². The van der Waals surface area contributed by atoms with E-state index in [4.69, 9.17) is 9.47 Å². The van der Waals surface area contributed by atoms with E-state index in [0.717, 1.165) is 16.7 Å². The Morgan fingerprint density at radius 3 is 2.71 bits per heavy atom. The Hall–Kier alpha value is -3.42. The van der Waals surface area contributed by atoms with Gasteiger partial charge >= 0.3 is 0 Å². The van der Waals surface area contributed by atoms with Gasteiger partial charge in [-0.15, -0.1) is 0 Å². The monoisotopic (exact) mass is 518 g/mol. The maximum atomic E-state index is 12.5. The summed E-state index contributed by atoms with van der Waals surface area (Å²) in [7, 11) is -3.85. The second kappa shape index (κ2) is 10.9. The first kappa shape index (κ1) is 24.7. The maximum Gasteiger partial charge on any atom is 0.293 e. The summed E-state index contributed by atoms with van der Waals surface area (Å²) in [6, 6.07) is 7.78. The van der Waals surface area contributed by atoms with Crippen molar-refractivity contribution in [1.29, 1.82) is 0 Å². The average Bonchev–Trinajstić information content (AvgIpc) is 3.11. The topological polar surface area (TPSA) is 144 Å². The molecule has 2 aliphatic heterocycles. The molecule has 2 aliphatic rings. The van der Waals surface area contributed by atoms with E-state index >= 15 is 0 Å². The Kier molecular flexibility index (Phi) is 7.68. The van der Waals surface area contributed by atoms with Gasteiger partial charge < -0.3 is 14.8 Å². The number of fused-ring (bicyclic) bond motifs is 1. The number of imide groups is 1. The highest BCUT2D eigenvalue weighted by Crippen LogP contribution is 2.32. The summed E-state index contributed by atoms with van der Waals surface area (Å²) in [6.45, 7) is 0.655. The summed E-state index contributed by atoms with van der Waals surface area (Å²) >= 11 is 0.823. The molecule has 0 spiro atoms. The minimum absolute atomic E-state index is 0.000796. The van der Waals surface area contributed by atoms with Crippen LogP contribution in [0.3, 0.4) is 0 Å². The molecule has 184 valence electrons. The van der Waals surface area contributed by atoms with Gasteiger partial charge in [-0.1, -0.05) is 6.07 Å². The van der Waals surface area contributed by atoms with E-state index in [1.807, 2.05) is 0 Å². The van der Waals surface area contributed by atoms with E-state index in [1.54, 1.807) is 30.6 Å². The molecular formula is C22H22N4O7S2. The van der Waals surface area contributed by atoms with Gasteiger partial charge in [0.05, 0.1) is 9.80 Å². The summed E-state index contributed by atoms with van der Waals surface area (Å²) in [5.74, 6) is -0.0415. The molecule has 11 nitrogen and oxygen atoms in total. The average molecular weight is 519 g/mol. The molecule has 1 saturated heterocycles. The molecule has 1 aromatic heterocycles. The molecule has 0 saturated carbocycles. The van der Waals surface area contributed by atoms with Crippen LogP contribution in [-0.2, 0) is 19.6 Å². The lowest BCUT2D eigenvalue weighted by Crippen LogP contribution is -2.38. The number of hydrogen-bond acceptors (Lipinski definition) is 9. The maximum absolute atomic E-state index is 12.5. The number of hydrogen-bond donors (Lipinski definition) is 2. The fraction of sp³-hybridized carbons (Fsp3) is 0.273. The number of benzene rings is 1. The van der Waals surface area contributed by atoms with Crippen LogP contribution >= 0.6 is 11.8 Å². The largest absolute Gasteiger partial charge is 0.486 e. The number of nitrogens with zero attached hydrogens (tertiary/aromatic N) is 2. The van der Waals surface area contributed by atoms with E-state index in [2.05, 4.69) is 15.0 Å². The summed E-state index contributed by atoms with van der Waals surface area (Å²) in [5.41, 5.74) is 0.699. The molecule has 0 unspecified atom stereocenters. The Morgan fingerprint density at radius 2 is 1.94 bits per heavy atom. The van der Waals surface area contributed by atoms with Crippen molar-refractivity contribution in [2.45, 2.75) is 11.3 Å². The zero-order valence-corrected chi connectivity index (χ0v) is 20.1. The van der Waals surface area contributed by atoms with Crippen molar-refractivity contribution in [2.75, 3.05) is 32.8 Å². The molecule has 2 N–H and O–H groups in total. The van der Waals surface area contributed by atoms with E-state index in [0.29, 0.717) is 30.3 Å². The van der Waals surface area contributed by atoms with Crippen LogP contribution in [0, 0.1) is 0 Å². The standard InChI is InChI=1S/C22H22N4O7S2/c27-20(5-7-25-35(30,31)16-3-4-17-18(13-16)33-11-10-32-17)24-8-9-26-21(28)19(34-22(26)29)12-15-2-1-6-23-14-15/h1-4,6,12-14,25H,5,7-11H2,(H,24,27). The van der Waals surface area contributed by atoms with Gasteiger partial charge in [0, 0.05) is 44.5 Å². The lowest BCUT2D eigenvalue weighted by Gasteiger charge is -2.18. The Bertz CT molecular complexity index is 1270. The van der Waals surface area contributed by atoms with Gasteiger partial charge in [0.25, 0.3) is 11.1 Å². The van der Waals surface area contributed by atoms with Crippen molar-refractivity contribution in [3.8, 4) is 11.5 Å². The van der Waals surface area contributed by atoms with Crippen LogP contribution in [0.1, 0.15) is 12.0 Å². The molecule has 13 heteroatoms.